The summed E-state index contributed by atoms with van der Waals surface area (Å²) in [6.07, 6.45) is -0.513. The Kier molecular flexibility index (Phi) is 3.56. The minimum atomic E-state index is -3.57. The summed E-state index contributed by atoms with van der Waals surface area (Å²) in [7, 11) is -3.57. The second kappa shape index (κ2) is 5.06. The third-order valence-corrected chi connectivity index (χ3v) is 6.78. The van der Waals surface area contributed by atoms with Crippen molar-refractivity contribution in [3.05, 3.63) is 12.2 Å². The second-order valence-corrected chi connectivity index (χ2v) is 7.97. The van der Waals surface area contributed by atoms with E-state index in [1.54, 1.807) is 0 Å². The summed E-state index contributed by atoms with van der Waals surface area (Å²) in [6, 6.07) is 0. The number of rotatable bonds is 4. The summed E-state index contributed by atoms with van der Waals surface area (Å²) in [5.74, 6) is -1.62. The Balaban J connectivity index is 1.64. The topological polar surface area (TPSA) is 96.0 Å². The zero-order chi connectivity index (χ0) is 16.2. The van der Waals surface area contributed by atoms with E-state index in [-0.39, 0.29) is 23.3 Å². The first-order chi connectivity index (χ1) is 10.2. The van der Waals surface area contributed by atoms with E-state index < -0.39 is 46.1 Å². The van der Waals surface area contributed by atoms with E-state index in [1.165, 1.54) is 6.92 Å². The van der Waals surface area contributed by atoms with Crippen LogP contribution in [0.2, 0.25) is 0 Å². The van der Waals surface area contributed by atoms with Crippen LogP contribution in [0.4, 0.5) is 0 Å². The van der Waals surface area contributed by atoms with Crippen molar-refractivity contribution < 1.29 is 31.7 Å². The molecule has 8 heteroatoms. The Bertz CT molecular complexity index is 638. The van der Waals surface area contributed by atoms with Crippen molar-refractivity contribution in [1.82, 2.24) is 0 Å². The molecule has 1 aliphatic heterocycles. The molecule has 3 fully saturated rings. The van der Waals surface area contributed by atoms with Gasteiger partial charge < -0.3 is 9.47 Å². The van der Waals surface area contributed by atoms with Gasteiger partial charge in [-0.25, -0.2) is 9.59 Å². The van der Waals surface area contributed by atoms with Crippen LogP contribution in [0.15, 0.2) is 12.2 Å². The molecule has 1 saturated heterocycles. The number of carbonyl (C=O) groups is 2. The highest BCUT2D eigenvalue weighted by Crippen LogP contribution is 2.58. The van der Waals surface area contributed by atoms with Crippen LogP contribution in [-0.4, -0.2) is 44.4 Å². The van der Waals surface area contributed by atoms with Gasteiger partial charge in [-0.05, 0) is 19.3 Å². The Morgan fingerprint density at radius 1 is 1.32 bits per heavy atom. The average Bonchev–Trinajstić information content (AvgIpc) is 2.98. The molecule has 6 unspecified atom stereocenters. The Morgan fingerprint density at radius 2 is 2.00 bits per heavy atom. The summed E-state index contributed by atoms with van der Waals surface area (Å²) in [5, 5.41) is -0.487. The number of hydrogen-bond donors (Lipinski definition) is 0. The molecule has 0 aromatic heterocycles. The molecule has 2 saturated carbocycles. The first-order valence-corrected chi connectivity index (χ1v) is 8.63. The van der Waals surface area contributed by atoms with Crippen molar-refractivity contribution in [3.63, 3.8) is 0 Å². The first-order valence-electron chi connectivity index (χ1n) is 7.16. The molecule has 2 aliphatic carbocycles. The summed E-state index contributed by atoms with van der Waals surface area (Å²) in [4.78, 5) is 23.1. The Labute approximate surface area is 128 Å². The molecule has 0 N–H and O–H groups in total. The van der Waals surface area contributed by atoms with Crippen LogP contribution in [0, 0.1) is 17.8 Å². The lowest BCUT2D eigenvalue weighted by Crippen LogP contribution is -2.42. The van der Waals surface area contributed by atoms with E-state index in [1.807, 2.05) is 6.92 Å². The smallest absolute Gasteiger partial charge is 0.344 e. The molecule has 122 valence electrons. The van der Waals surface area contributed by atoms with Crippen LogP contribution in [0.25, 0.3) is 0 Å². The zero-order valence-electron chi connectivity index (χ0n) is 12.4. The molecule has 1 heterocycles. The monoisotopic (exact) mass is 330 g/mol. The van der Waals surface area contributed by atoms with Gasteiger partial charge >= 0.3 is 11.9 Å². The van der Waals surface area contributed by atoms with Crippen LogP contribution < -0.4 is 0 Å². The molecule has 0 aromatic carbocycles. The second-order valence-electron chi connectivity index (χ2n) is 6.25. The lowest BCUT2D eigenvalue weighted by atomic mass is 9.86. The predicted molar refractivity (Wildman–Crippen MR) is 74.0 cm³/mol. The number of hydrogen-bond acceptors (Lipinski definition) is 7. The fourth-order valence-corrected chi connectivity index (χ4v) is 6.06. The van der Waals surface area contributed by atoms with Crippen molar-refractivity contribution in [3.8, 4) is 0 Å². The minimum Gasteiger partial charge on any atom is -0.457 e. The SMILES string of the molecule is C=C(C)C(=O)OCC(=O)OC1C2CC3C1OS(=O)(=O)C3C2C. The number of fused-ring (bicyclic) bond motifs is 1. The van der Waals surface area contributed by atoms with Crippen LogP contribution in [0.5, 0.6) is 0 Å². The molecule has 3 aliphatic rings. The van der Waals surface area contributed by atoms with E-state index >= 15 is 0 Å². The van der Waals surface area contributed by atoms with Crippen molar-refractivity contribution >= 4 is 22.1 Å². The third kappa shape index (κ3) is 2.25. The van der Waals surface area contributed by atoms with Crippen molar-refractivity contribution in [2.24, 2.45) is 17.8 Å². The molecule has 2 bridgehead atoms. The van der Waals surface area contributed by atoms with Gasteiger partial charge in [-0.15, -0.1) is 0 Å². The van der Waals surface area contributed by atoms with Crippen molar-refractivity contribution in [2.75, 3.05) is 6.61 Å². The van der Waals surface area contributed by atoms with E-state index in [2.05, 4.69) is 6.58 Å². The first kappa shape index (κ1) is 15.5. The highest BCUT2D eigenvalue weighted by Gasteiger charge is 2.68. The molecular weight excluding hydrogens is 312 g/mol. The van der Waals surface area contributed by atoms with Gasteiger partial charge in [-0.2, -0.15) is 8.42 Å². The van der Waals surface area contributed by atoms with Crippen LogP contribution in [0.3, 0.4) is 0 Å². The lowest BCUT2D eigenvalue weighted by molar-refractivity contribution is -0.166. The Morgan fingerprint density at radius 3 is 2.64 bits per heavy atom. The predicted octanol–water partition coefficient (Wildman–Crippen LogP) is 0.401. The molecule has 0 amide bonds. The third-order valence-electron chi connectivity index (χ3n) is 4.84. The fraction of sp³-hybridized carbons (Fsp3) is 0.714. The van der Waals surface area contributed by atoms with Crippen LogP contribution >= 0.6 is 0 Å². The number of ether oxygens (including phenoxy) is 2. The van der Waals surface area contributed by atoms with E-state index in [4.69, 9.17) is 13.7 Å². The molecule has 6 atom stereocenters. The maximum Gasteiger partial charge on any atom is 0.344 e. The number of esters is 2. The van der Waals surface area contributed by atoms with Gasteiger partial charge in [0.2, 0.25) is 0 Å². The Hall–Kier alpha value is -1.41. The molecule has 7 nitrogen and oxygen atoms in total. The fourth-order valence-electron chi connectivity index (χ4n) is 3.95. The normalized spacial score (nSPS) is 40.5. The highest BCUT2D eigenvalue weighted by atomic mass is 32.2. The summed E-state index contributed by atoms with van der Waals surface area (Å²) >= 11 is 0. The zero-order valence-corrected chi connectivity index (χ0v) is 13.2. The van der Waals surface area contributed by atoms with Gasteiger partial charge in [0.05, 0.1) is 5.25 Å². The van der Waals surface area contributed by atoms with Gasteiger partial charge in [0.25, 0.3) is 10.1 Å². The van der Waals surface area contributed by atoms with Gasteiger partial charge in [-0.3, -0.25) is 4.18 Å². The molecule has 22 heavy (non-hydrogen) atoms. The molecule has 0 aromatic rings. The van der Waals surface area contributed by atoms with Crippen molar-refractivity contribution in [1.29, 1.82) is 0 Å². The minimum absolute atomic E-state index is 0.0296. The van der Waals surface area contributed by atoms with Gasteiger partial charge in [0.1, 0.15) is 12.2 Å². The van der Waals surface area contributed by atoms with Crippen LogP contribution in [0.1, 0.15) is 20.3 Å². The van der Waals surface area contributed by atoms with Crippen molar-refractivity contribution in [2.45, 2.75) is 37.7 Å². The summed E-state index contributed by atoms with van der Waals surface area (Å²) in [5.41, 5.74) is 0.189. The van der Waals surface area contributed by atoms with Crippen LogP contribution in [-0.2, 0) is 33.4 Å². The standard InChI is InChI=1S/C14H18O7S/c1-6(2)14(16)19-5-10(15)20-11-8-4-9-12(11)21-22(17,18)13(9)7(8)3/h7-9,11-13H,1,4-5H2,2-3H3. The maximum absolute atomic E-state index is 12.0. The van der Waals surface area contributed by atoms with Gasteiger partial charge in [0, 0.05) is 17.4 Å². The molecular formula is C14H18O7S. The quantitative estimate of drug-likeness (QED) is 0.418. The van der Waals surface area contributed by atoms with E-state index in [0.717, 1.165) is 0 Å². The number of carbonyl (C=O) groups excluding carboxylic acids is 2. The lowest BCUT2D eigenvalue weighted by Gasteiger charge is -2.29. The maximum atomic E-state index is 12.0. The highest BCUT2D eigenvalue weighted by molar-refractivity contribution is 7.87. The van der Waals surface area contributed by atoms with E-state index in [9.17, 15) is 18.0 Å². The largest absolute Gasteiger partial charge is 0.457 e. The average molecular weight is 330 g/mol. The van der Waals surface area contributed by atoms with E-state index in [0.29, 0.717) is 6.42 Å². The van der Waals surface area contributed by atoms with Gasteiger partial charge in [0.15, 0.2) is 6.61 Å². The molecule has 3 rings (SSSR count). The molecule has 0 spiro atoms. The summed E-state index contributed by atoms with van der Waals surface area (Å²) < 4.78 is 39.2. The molecule has 0 radical (unpaired) electrons. The van der Waals surface area contributed by atoms with Gasteiger partial charge in [-0.1, -0.05) is 13.5 Å². The summed E-state index contributed by atoms with van der Waals surface area (Å²) in [6.45, 7) is 6.22.